The zero-order valence-electron chi connectivity index (χ0n) is 10.3. The molecule has 1 aliphatic heterocycles. The molecule has 0 saturated heterocycles. The number of carboxylic acid groups (broad SMARTS) is 1. The van der Waals surface area contributed by atoms with Gasteiger partial charge in [0.05, 0.1) is 11.8 Å². The first kappa shape index (κ1) is 12.7. The summed E-state index contributed by atoms with van der Waals surface area (Å²) in [5, 5.41) is 8.88. The monoisotopic (exact) mass is 323 g/mol. The summed E-state index contributed by atoms with van der Waals surface area (Å²) in [5.74, 6) is -1.60. The first-order valence-corrected chi connectivity index (χ1v) is 7.14. The Bertz CT molecular complexity index is 558. The second kappa shape index (κ2) is 4.63. The Kier molecular flexibility index (Phi) is 3.09. The number of aliphatic carboxylic acids is 1. The zero-order chi connectivity index (χ0) is 13.6. The van der Waals surface area contributed by atoms with Gasteiger partial charge in [-0.3, -0.25) is 9.59 Å². The molecule has 1 aliphatic carbocycles. The number of hydrogen-bond donors (Lipinski definition) is 1. The van der Waals surface area contributed by atoms with Crippen molar-refractivity contribution in [2.45, 2.75) is 19.4 Å². The zero-order valence-corrected chi connectivity index (χ0v) is 11.9. The van der Waals surface area contributed by atoms with Crippen LogP contribution in [0.4, 0.5) is 0 Å². The maximum atomic E-state index is 12.2. The average Bonchev–Trinajstić information content (AvgIpc) is 3.17. The van der Waals surface area contributed by atoms with Gasteiger partial charge in [0, 0.05) is 17.6 Å². The van der Waals surface area contributed by atoms with E-state index in [-0.39, 0.29) is 11.8 Å². The predicted octanol–water partition coefficient (Wildman–Crippen LogP) is 2.05. The molecule has 100 valence electrons. The molecule has 5 heteroatoms. The van der Waals surface area contributed by atoms with Crippen LogP contribution in [-0.2, 0) is 22.6 Å². The first-order chi connectivity index (χ1) is 9.06. The van der Waals surface area contributed by atoms with Gasteiger partial charge in [-0.15, -0.1) is 0 Å². The number of nitrogens with zero attached hydrogens (tertiary/aromatic N) is 1. The smallest absolute Gasteiger partial charge is 0.307 e. The van der Waals surface area contributed by atoms with Crippen molar-refractivity contribution >= 4 is 27.8 Å². The van der Waals surface area contributed by atoms with Crippen LogP contribution in [0, 0.1) is 11.8 Å². The highest BCUT2D eigenvalue weighted by atomic mass is 79.9. The number of carboxylic acids is 1. The molecule has 0 radical (unpaired) electrons. The van der Waals surface area contributed by atoms with Crippen LogP contribution in [0.3, 0.4) is 0 Å². The van der Waals surface area contributed by atoms with Gasteiger partial charge in [-0.1, -0.05) is 22.0 Å². The Morgan fingerprint density at radius 1 is 1.26 bits per heavy atom. The quantitative estimate of drug-likeness (QED) is 0.906. The molecule has 1 aromatic carbocycles. The third-order valence-electron chi connectivity index (χ3n) is 3.92. The van der Waals surface area contributed by atoms with Crippen LogP contribution in [0.2, 0.25) is 0 Å². The highest BCUT2D eigenvalue weighted by Gasteiger charge is 2.49. The van der Waals surface area contributed by atoms with E-state index in [0.29, 0.717) is 19.5 Å². The lowest BCUT2D eigenvalue weighted by molar-refractivity contribution is -0.142. The molecule has 0 aromatic heterocycles. The highest BCUT2D eigenvalue weighted by Crippen LogP contribution is 2.40. The SMILES string of the molecule is O=C(O)C1CC1C(=O)N1CCc2cc(Br)ccc2C1. The fraction of sp³-hybridized carbons (Fsp3) is 0.429. The lowest BCUT2D eigenvalue weighted by atomic mass is 9.99. The van der Waals surface area contributed by atoms with Crippen molar-refractivity contribution in [3.8, 4) is 0 Å². The largest absolute Gasteiger partial charge is 0.481 e. The van der Waals surface area contributed by atoms with E-state index in [0.717, 1.165) is 16.5 Å². The Morgan fingerprint density at radius 2 is 2.05 bits per heavy atom. The van der Waals surface area contributed by atoms with Gasteiger partial charge in [0.1, 0.15) is 0 Å². The number of benzene rings is 1. The van der Waals surface area contributed by atoms with Crippen molar-refractivity contribution in [2.75, 3.05) is 6.54 Å². The normalized spacial score (nSPS) is 24.8. The van der Waals surface area contributed by atoms with E-state index in [2.05, 4.69) is 22.0 Å². The molecule has 3 rings (SSSR count). The number of hydrogen-bond acceptors (Lipinski definition) is 2. The standard InChI is InChI=1S/C14H14BrNO3/c15-10-2-1-9-7-16(4-3-8(9)5-10)13(17)11-6-12(11)14(18)19/h1-2,5,11-12H,3-4,6-7H2,(H,18,19). The van der Waals surface area contributed by atoms with Crippen molar-refractivity contribution in [1.29, 1.82) is 0 Å². The van der Waals surface area contributed by atoms with E-state index in [1.165, 1.54) is 5.56 Å². The van der Waals surface area contributed by atoms with E-state index in [1.54, 1.807) is 4.90 Å². The molecule has 2 unspecified atom stereocenters. The molecule has 1 N–H and O–H groups in total. The predicted molar refractivity (Wildman–Crippen MR) is 72.5 cm³/mol. The van der Waals surface area contributed by atoms with E-state index < -0.39 is 11.9 Å². The molecule has 1 fully saturated rings. The maximum absolute atomic E-state index is 12.2. The van der Waals surface area contributed by atoms with Gasteiger partial charge in [0.15, 0.2) is 0 Å². The van der Waals surface area contributed by atoms with Crippen molar-refractivity contribution in [3.05, 3.63) is 33.8 Å². The average molecular weight is 324 g/mol. The molecule has 0 spiro atoms. The maximum Gasteiger partial charge on any atom is 0.307 e. The minimum absolute atomic E-state index is 0.000897. The van der Waals surface area contributed by atoms with Gasteiger partial charge in [0.25, 0.3) is 0 Å². The molecule has 1 aromatic rings. The van der Waals surface area contributed by atoms with Crippen LogP contribution in [-0.4, -0.2) is 28.4 Å². The minimum atomic E-state index is -0.848. The van der Waals surface area contributed by atoms with E-state index in [1.807, 2.05) is 12.1 Å². The van der Waals surface area contributed by atoms with E-state index in [9.17, 15) is 9.59 Å². The first-order valence-electron chi connectivity index (χ1n) is 6.35. The highest BCUT2D eigenvalue weighted by molar-refractivity contribution is 9.10. The Labute approximate surface area is 119 Å². The number of carbonyl (C=O) groups is 2. The fourth-order valence-electron chi connectivity index (χ4n) is 2.69. The van der Waals surface area contributed by atoms with Gasteiger partial charge in [-0.25, -0.2) is 0 Å². The number of fused-ring (bicyclic) bond motifs is 1. The summed E-state index contributed by atoms with van der Waals surface area (Å²) >= 11 is 3.45. The molecule has 2 atom stereocenters. The van der Waals surface area contributed by atoms with Crippen LogP contribution in [0.15, 0.2) is 22.7 Å². The second-order valence-corrected chi connectivity index (χ2v) is 6.13. The van der Waals surface area contributed by atoms with Crippen LogP contribution in [0.1, 0.15) is 17.5 Å². The molecule has 1 amide bonds. The minimum Gasteiger partial charge on any atom is -0.481 e. The van der Waals surface area contributed by atoms with E-state index >= 15 is 0 Å². The molecule has 4 nitrogen and oxygen atoms in total. The van der Waals surface area contributed by atoms with Crippen molar-refractivity contribution in [1.82, 2.24) is 4.90 Å². The Hall–Kier alpha value is -1.36. The van der Waals surface area contributed by atoms with Crippen LogP contribution in [0.25, 0.3) is 0 Å². The molecule has 2 aliphatic rings. The summed E-state index contributed by atoms with van der Waals surface area (Å²) in [6, 6.07) is 6.10. The number of halogens is 1. The summed E-state index contributed by atoms with van der Waals surface area (Å²) in [6.45, 7) is 1.29. The number of carbonyl (C=O) groups excluding carboxylic acids is 1. The lowest BCUT2D eigenvalue weighted by Gasteiger charge is -2.29. The number of rotatable bonds is 2. The molecule has 1 heterocycles. The Morgan fingerprint density at radius 3 is 2.74 bits per heavy atom. The molecule has 0 bridgehead atoms. The van der Waals surface area contributed by atoms with Gasteiger partial charge in [-0.05, 0) is 36.1 Å². The van der Waals surface area contributed by atoms with Gasteiger partial charge in [-0.2, -0.15) is 0 Å². The van der Waals surface area contributed by atoms with Crippen molar-refractivity contribution < 1.29 is 14.7 Å². The molecule has 1 saturated carbocycles. The van der Waals surface area contributed by atoms with Gasteiger partial charge in [0.2, 0.25) is 5.91 Å². The summed E-state index contributed by atoms with van der Waals surface area (Å²) in [5.41, 5.74) is 2.43. The summed E-state index contributed by atoms with van der Waals surface area (Å²) in [6.07, 6.45) is 1.34. The third-order valence-corrected chi connectivity index (χ3v) is 4.41. The summed E-state index contributed by atoms with van der Waals surface area (Å²) in [7, 11) is 0. The summed E-state index contributed by atoms with van der Waals surface area (Å²) < 4.78 is 1.05. The van der Waals surface area contributed by atoms with E-state index in [4.69, 9.17) is 5.11 Å². The lowest BCUT2D eigenvalue weighted by Crippen LogP contribution is -2.37. The van der Waals surface area contributed by atoms with Crippen LogP contribution >= 0.6 is 15.9 Å². The third kappa shape index (κ3) is 2.39. The van der Waals surface area contributed by atoms with Crippen LogP contribution in [0.5, 0.6) is 0 Å². The molecular formula is C14H14BrNO3. The Balaban J connectivity index is 1.71. The van der Waals surface area contributed by atoms with Gasteiger partial charge >= 0.3 is 5.97 Å². The second-order valence-electron chi connectivity index (χ2n) is 5.21. The number of amides is 1. The van der Waals surface area contributed by atoms with Gasteiger partial charge < -0.3 is 10.0 Å². The summed E-state index contributed by atoms with van der Waals surface area (Å²) in [4.78, 5) is 24.8. The van der Waals surface area contributed by atoms with Crippen molar-refractivity contribution in [3.63, 3.8) is 0 Å². The van der Waals surface area contributed by atoms with Crippen molar-refractivity contribution in [2.24, 2.45) is 11.8 Å². The fourth-order valence-corrected chi connectivity index (χ4v) is 3.09. The molecular weight excluding hydrogens is 310 g/mol. The molecule has 19 heavy (non-hydrogen) atoms. The topological polar surface area (TPSA) is 57.6 Å². The van der Waals surface area contributed by atoms with Crippen LogP contribution < -0.4 is 0 Å².